The second-order valence-corrected chi connectivity index (χ2v) is 5.28. The monoisotopic (exact) mass is 254 g/mol. The van der Waals surface area contributed by atoms with E-state index in [-0.39, 0.29) is 15.1 Å². The van der Waals surface area contributed by atoms with Crippen molar-refractivity contribution in [2.75, 3.05) is 0 Å². The van der Waals surface area contributed by atoms with Crippen LogP contribution >= 0.6 is 11.6 Å². The van der Waals surface area contributed by atoms with Gasteiger partial charge in [-0.2, -0.15) is 0 Å². The number of nitrogens with zero attached hydrogens (tertiary/aromatic N) is 2. The molecule has 4 nitrogen and oxygen atoms in total. The van der Waals surface area contributed by atoms with Crippen LogP contribution in [0.1, 0.15) is 0 Å². The highest BCUT2D eigenvalue weighted by Crippen LogP contribution is 2.18. The van der Waals surface area contributed by atoms with E-state index in [1.807, 2.05) is 0 Å². The third-order valence-electron chi connectivity index (χ3n) is 1.91. The van der Waals surface area contributed by atoms with E-state index in [2.05, 4.69) is 9.97 Å². The fraction of sp³-hybridized carbons (Fsp3) is 0. The Hall–Kier alpha value is -1.46. The quantitative estimate of drug-likeness (QED) is 0.822. The van der Waals surface area contributed by atoms with Gasteiger partial charge in [-0.15, -0.1) is 0 Å². The molecule has 2 aromatic rings. The first kappa shape index (κ1) is 11.0. The van der Waals surface area contributed by atoms with Gasteiger partial charge in [-0.1, -0.05) is 29.8 Å². The molecule has 1 heterocycles. The minimum absolute atomic E-state index is 0.0528. The summed E-state index contributed by atoms with van der Waals surface area (Å²) in [4.78, 5) is 7.61. The molecule has 0 fully saturated rings. The van der Waals surface area contributed by atoms with E-state index < -0.39 is 9.84 Å². The zero-order chi connectivity index (χ0) is 11.6. The Kier molecular flexibility index (Phi) is 2.89. The second kappa shape index (κ2) is 4.19. The van der Waals surface area contributed by atoms with Gasteiger partial charge in [-0.3, -0.25) is 4.98 Å². The highest BCUT2D eigenvalue weighted by molar-refractivity contribution is 7.91. The summed E-state index contributed by atoms with van der Waals surface area (Å²) in [6, 6.07) is 8.02. The molecule has 0 bridgehead atoms. The van der Waals surface area contributed by atoms with Gasteiger partial charge in [0.25, 0.3) is 0 Å². The Morgan fingerprint density at radius 1 is 1.06 bits per heavy atom. The van der Waals surface area contributed by atoms with Gasteiger partial charge in [0.1, 0.15) is 5.15 Å². The molecule has 0 atom stereocenters. The molecular weight excluding hydrogens is 248 g/mol. The molecule has 0 saturated heterocycles. The van der Waals surface area contributed by atoms with Crippen LogP contribution in [0.4, 0.5) is 0 Å². The highest BCUT2D eigenvalue weighted by atomic mass is 35.5. The number of hydrogen-bond acceptors (Lipinski definition) is 4. The number of sulfone groups is 1. The number of benzene rings is 1. The maximum Gasteiger partial charge on any atom is 0.225 e. The van der Waals surface area contributed by atoms with Crippen LogP contribution in [0.25, 0.3) is 0 Å². The van der Waals surface area contributed by atoms with E-state index >= 15 is 0 Å². The number of halogens is 1. The lowest BCUT2D eigenvalue weighted by molar-refractivity contribution is 0.591. The average molecular weight is 255 g/mol. The topological polar surface area (TPSA) is 59.9 Å². The summed E-state index contributed by atoms with van der Waals surface area (Å²) in [5, 5.41) is -0.0943. The summed E-state index contributed by atoms with van der Waals surface area (Å²) in [5.41, 5.74) is 0. The molecule has 0 radical (unpaired) electrons. The Labute approximate surface area is 97.9 Å². The van der Waals surface area contributed by atoms with Crippen molar-refractivity contribution in [1.82, 2.24) is 9.97 Å². The standard InChI is InChI=1S/C10H7ClN2O2S/c11-9-6-12-7-10(13-9)16(14,15)8-4-2-1-3-5-8/h1-7H. The fourth-order valence-electron chi connectivity index (χ4n) is 1.18. The minimum atomic E-state index is -3.62. The summed E-state index contributed by atoms with van der Waals surface area (Å²) in [7, 11) is -3.62. The van der Waals surface area contributed by atoms with Crippen molar-refractivity contribution in [3.63, 3.8) is 0 Å². The normalized spacial score (nSPS) is 11.3. The van der Waals surface area contributed by atoms with Gasteiger partial charge in [0.15, 0.2) is 5.03 Å². The number of aromatic nitrogens is 2. The van der Waals surface area contributed by atoms with E-state index in [1.54, 1.807) is 18.2 Å². The molecule has 0 amide bonds. The Balaban J connectivity index is 2.56. The molecular formula is C10H7ClN2O2S. The van der Waals surface area contributed by atoms with Crippen molar-refractivity contribution in [3.8, 4) is 0 Å². The van der Waals surface area contributed by atoms with E-state index in [0.29, 0.717) is 0 Å². The van der Waals surface area contributed by atoms with Crippen molar-refractivity contribution in [2.24, 2.45) is 0 Å². The Bertz CT molecular complexity index is 599. The number of rotatable bonds is 2. The maximum atomic E-state index is 12.0. The largest absolute Gasteiger partial charge is 0.258 e. The van der Waals surface area contributed by atoms with Crippen LogP contribution in [0.15, 0.2) is 52.6 Å². The average Bonchev–Trinajstić information content (AvgIpc) is 2.30. The summed E-state index contributed by atoms with van der Waals surface area (Å²) in [6.07, 6.45) is 2.46. The molecule has 0 spiro atoms. The predicted molar refractivity (Wildman–Crippen MR) is 58.9 cm³/mol. The zero-order valence-corrected chi connectivity index (χ0v) is 9.61. The van der Waals surface area contributed by atoms with Crippen molar-refractivity contribution in [1.29, 1.82) is 0 Å². The molecule has 6 heteroatoms. The molecule has 2 rings (SSSR count). The molecule has 82 valence electrons. The van der Waals surface area contributed by atoms with Crippen molar-refractivity contribution < 1.29 is 8.42 Å². The third-order valence-corrected chi connectivity index (χ3v) is 3.73. The summed E-state index contributed by atoms with van der Waals surface area (Å²) in [6.45, 7) is 0. The zero-order valence-electron chi connectivity index (χ0n) is 8.04. The molecule has 1 aromatic heterocycles. The van der Waals surface area contributed by atoms with Crippen molar-refractivity contribution in [2.45, 2.75) is 9.92 Å². The first-order valence-electron chi connectivity index (χ1n) is 4.38. The SMILES string of the molecule is O=S(=O)(c1ccccc1)c1cncc(Cl)n1. The highest BCUT2D eigenvalue weighted by Gasteiger charge is 2.19. The van der Waals surface area contributed by atoms with Crippen molar-refractivity contribution >= 4 is 21.4 Å². The smallest absolute Gasteiger partial charge is 0.225 e. The molecule has 0 unspecified atom stereocenters. The van der Waals surface area contributed by atoms with Crippen LogP contribution in [-0.2, 0) is 9.84 Å². The Morgan fingerprint density at radius 3 is 2.38 bits per heavy atom. The molecule has 0 N–H and O–H groups in total. The summed E-state index contributed by atoms with van der Waals surface area (Å²) < 4.78 is 24.0. The third kappa shape index (κ3) is 2.05. The maximum absolute atomic E-state index is 12.0. The first-order chi connectivity index (χ1) is 7.60. The summed E-state index contributed by atoms with van der Waals surface area (Å²) in [5.74, 6) is 0. The van der Waals surface area contributed by atoms with E-state index in [1.165, 1.54) is 24.5 Å². The predicted octanol–water partition coefficient (Wildman–Crippen LogP) is 1.96. The van der Waals surface area contributed by atoms with Crippen molar-refractivity contribution in [3.05, 3.63) is 47.9 Å². The Morgan fingerprint density at radius 2 is 1.75 bits per heavy atom. The van der Waals surface area contributed by atoms with Crippen LogP contribution < -0.4 is 0 Å². The van der Waals surface area contributed by atoms with Gasteiger partial charge in [0, 0.05) is 0 Å². The molecule has 0 aliphatic rings. The molecule has 0 aliphatic carbocycles. The molecule has 0 saturated carbocycles. The second-order valence-electron chi connectivity index (χ2n) is 3.00. The van der Waals surface area contributed by atoms with Crippen LogP contribution in [0.3, 0.4) is 0 Å². The van der Waals surface area contributed by atoms with Gasteiger partial charge >= 0.3 is 0 Å². The van der Waals surface area contributed by atoms with Crippen LogP contribution in [0.5, 0.6) is 0 Å². The number of hydrogen-bond donors (Lipinski definition) is 0. The minimum Gasteiger partial charge on any atom is -0.258 e. The lowest BCUT2D eigenvalue weighted by Gasteiger charge is -2.02. The van der Waals surface area contributed by atoms with E-state index in [0.717, 1.165) is 0 Å². The van der Waals surface area contributed by atoms with Gasteiger partial charge < -0.3 is 0 Å². The first-order valence-corrected chi connectivity index (χ1v) is 6.24. The van der Waals surface area contributed by atoms with Gasteiger partial charge in [0.05, 0.1) is 17.3 Å². The van der Waals surface area contributed by atoms with Crippen LogP contribution in [-0.4, -0.2) is 18.4 Å². The molecule has 1 aromatic carbocycles. The fourth-order valence-corrected chi connectivity index (χ4v) is 2.55. The summed E-state index contributed by atoms with van der Waals surface area (Å²) >= 11 is 5.60. The molecule has 0 aliphatic heterocycles. The van der Waals surface area contributed by atoms with Gasteiger partial charge in [-0.25, -0.2) is 13.4 Å². The lowest BCUT2D eigenvalue weighted by atomic mass is 10.4. The van der Waals surface area contributed by atoms with Gasteiger partial charge in [-0.05, 0) is 12.1 Å². The van der Waals surface area contributed by atoms with Crippen LogP contribution in [0, 0.1) is 0 Å². The van der Waals surface area contributed by atoms with Gasteiger partial charge in [0.2, 0.25) is 9.84 Å². The lowest BCUT2D eigenvalue weighted by Crippen LogP contribution is -2.04. The molecule has 16 heavy (non-hydrogen) atoms. The van der Waals surface area contributed by atoms with E-state index in [4.69, 9.17) is 11.6 Å². The van der Waals surface area contributed by atoms with Crippen LogP contribution in [0.2, 0.25) is 5.15 Å². The van der Waals surface area contributed by atoms with E-state index in [9.17, 15) is 8.42 Å².